The number of aromatic nitrogens is 1. The number of carbonyl (C=O) groups is 1. The van der Waals surface area contributed by atoms with Crippen LogP contribution >= 0.6 is 11.5 Å². The predicted molar refractivity (Wildman–Crippen MR) is 73.5 cm³/mol. The van der Waals surface area contributed by atoms with Gasteiger partial charge in [-0.05, 0) is 50.6 Å². The van der Waals surface area contributed by atoms with Gasteiger partial charge in [-0.1, -0.05) is 0 Å². The van der Waals surface area contributed by atoms with Gasteiger partial charge < -0.3 is 10.1 Å². The third kappa shape index (κ3) is 3.78. The minimum atomic E-state index is 0.0775. The van der Waals surface area contributed by atoms with E-state index in [-0.39, 0.29) is 5.78 Å². The van der Waals surface area contributed by atoms with Crippen molar-refractivity contribution in [2.75, 3.05) is 25.1 Å². The number of Topliss-reactive ketones (excluding diaryl/α,β-unsaturated/α-hetero) is 1. The Kier molecular flexibility index (Phi) is 4.72. The average Bonchev–Trinajstić information content (AvgIpc) is 3.06. The van der Waals surface area contributed by atoms with Crippen molar-refractivity contribution in [1.29, 1.82) is 0 Å². The van der Waals surface area contributed by atoms with Gasteiger partial charge in [0.2, 0.25) is 0 Å². The Labute approximate surface area is 112 Å². The minimum absolute atomic E-state index is 0.0775. The van der Waals surface area contributed by atoms with Crippen LogP contribution in [-0.4, -0.2) is 29.9 Å². The van der Waals surface area contributed by atoms with Crippen LogP contribution in [0, 0.1) is 12.8 Å². The molecule has 0 aliphatic heterocycles. The fourth-order valence-corrected chi connectivity index (χ4v) is 2.68. The normalized spacial score (nSPS) is 14.8. The Morgan fingerprint density at radius 3 is 3.00 bits per heavy atom. The second kappa shape index (κ2) is 6.29. The standard InChI is InChI=1S/C13H20N2O2S/c1-9-12(10(2)16)13(18-15-9)14-6-3-7-17-8-11-4-5-11/h11,14H,3-8H2,1-2H3. The van der Waals surface area contributed by atoms with Crippen LogP contribution in [0.5, 0.6) is 0 Å². The average molecular weight is 268 g/mol. The number of nitrogens with one attached hydrogen (secondary N) is 1. The quantitative estimate of drug-likeness (QED) is 0.582. The number of ether oxygens (including phenoxy) is 1. The topological polar surface area (TPSA) is 51.2 Å². The number of nitrogens with zero attached hydrogens (tertiary/aromatic N) is 1. The molecular weight excluding hydrogens is 248 g/mol. The SMILES string of the molecule is CC(=O)c1c(C)nsc1NCCCOCC1CC1. The van der Waals surface area contributed by atoms with E-state index in [0.29, 0.717) is 0 Å². The molecule has 4 nitrogen and oxygen atoms in total. The maximum atomic E-state index is 11.5. The highest BCUT2D eigenvalue weighted by Gasteiger charge is 2.20. The smallest absolute Gasteiger partial charge is 0.164 e. The zero-order valence-corrected chi connectivity index (χ0v) is 11.8. The van der Waals surface area contributed by atoms with Crippen LogP contribution in [0.15, 0.2) is 0 Å². The Balaban J connectivity index is 1.67. The highest BCUT2D eigenvalue weighted by Crippen LogP contribution is 2.28. The maximum absolute atomic E-state index is 11.5. The van der Waals surface area contributed by atoms with Gasteiger partial charge >= 0.3 is 0 Å². The summed E-state index contributed by atoms with van der Waals surface area (Å²) in [6.45, 7) is 5.99. The highest BCUT2D eigenvalue weighted by molar-refractivity contribution is 7.10. The number of ketones is 1. The number of anilines is 1. The van der Waals surface area contributed by atoms with Gasteiger partial charge in [0.1, 0.15) is 5.00 Å². The minimum Gasteiger partial charge on any atom is -0.381 e. The van der Waals surface area contributed by atoms with Gasteiger partial charge in [-0.25, -0.2) is 0 Å². The van der Waals surface area contributed by atoms with Crippen LogP contribution < -0.4 is 5.32 Å². The molecule has 0 unspecified atom stereocenters. The molecule has 100 valence electrons. The van der Waals surface area contributed by atoms with Crippen LogP contribution in [0.25, 0.3) is 0 Å². The lowest BCUT2D eigenvalue weighted by Gasteiger charge is -2.06. The molecule has 2 rings (SSSR count). The zero-order chi connectivity index (χ0) is 13.0. The van der Waals surface area contributed by atoms with Crippen LogP contribution in [0.3, 0.4) is 0 Å². The van der Waals surface area contributed by atoms with Gasteiger partial charge in [0.05, 0.1) is 11.3 Å². The van der Waals surface area contributed by atoms with Gasteiger partial charge in [0, 0.05) is 19.8 Å². The summed E-state index contributed by atoms with van der Waals surface area (Å²) in [4.78, 5) is 11.5. The summed E-state index contributed by atoms with van der Waals surface area (Å²) in [5.41, 5.74) is 1.55. The first kappa shape index (κ1) is 13.5. The van der Waals surface area contributed by atoms with Gasteiger partial charge in [-0.2, -0.15) is 4.37 Å². The van der Waals surface area contributed by atoms with E-state index in [9.17, 15) is 4.79 Å². The lowest BCUT2D eigenvalue weighted by atomic mass is 10.2. The van der Waals surface area contributed by atoms with Crippen molar-refractivity contribution in [3.63, 3.8) is 0 Å². The van der Waals surface area contributed by atoms with Gasteiger partial charge in [0.15, 0.2) is 5.78 Å². The van der Waals surface area contributed by atoms with Crippen molar-refractivity contribution < 1.29 is 9.53 Å². The zero-order valence-electron chi connectivity index (χ0n) is 11.0. The first-order valence-corrected chi connectivity index (χ1v) is 7.24. The van der Waals surface area contributed by atoms with Crippen molar-refractivity contribution in [3.8, 4) is 0 Å². The molecule has 0 aromatic carbocycles. The van der Waals surface area contributed by atoms with Crippen LogP contribution in [-0.2, 0) is 4.74 Å². The van der Waals surface area contributed by atoms with Crippen LogP contribution in [0.2, 0.25) is 0 Å². The van der Waals surface area contributed by atoms with E-state index in [1.54, 1.807) is 6.92 Å². The number of aryl methyl sites for hydroxylation is 1. The third-order valence-corrected chi connectivity index (χ3v) is 3.91. The molecule has 0 spiro atoms. The first-order chi connectivity index (χ1) is 8.68. The first-order valence-electron chi connectivity index (χ1n) is 6.47. The van der Waals surface area contributed by atoms with E-state index in [1.165, 1.54) is 24.4 Å². The molecule has 1 aromatic heterocycles. The molecule has 0 radical (unpaired) electrons. The molecule has 0 amide bonds. The van der Waals surface area contributed by atoms with Crippen LogP contribution in [0.1, 0.15) is 42.2 Å². The number of hydrogen-bond acceptors (Lipinski definition) is 5. The van der Waals surface area contributed by atoms with E-state index in [1.807, 2.05) is 6.92 Å². The van der Waals surface area contributed by atoms with E-state index in [0.717, 1.165) is 48.4 Å². The van der Waals surface area contributed by atoms with Crippen molar-refractivity contribution in [2.45, 2.75) is 33.1 Å². The molecule has 1 aliphatic carbocycles. The molecule has 5 heteroatoms. The lowest BCUT2D eigenvalue weighted by molar-refractivity contribution is 0.101. The van der Waals surface area contributed by atoms with E-state index in [2.05, 4.69) is 9.69 Å². The second-order valence-corrected chi connectivity index (χ2v) is 5.60. The summed E-state index contributed by atoms with van der Waals surface area (Å²) in [6.07, 6.45) is 3.63. The summed E-state index contributed by atoms with van der Waals surface area (Å²) in [7, 11) is 0. The van der Waals surface area contributed by atoms with Gasteiger partial charge in [-0.3, -0.25) is 4.79 Å². The lowest BCUT2D eigenvalue weighted by Crippen LogP contribution is -2.08. The molecule has 1 fully saturated rings. The van der Waals surface area contributed by atoms with Crippen molar-refractivity contribution in [1.82, 2.24) is 4.37 Å². The Morgan fingerprint density at radius 1 is 1.56 bits per heavy atom. The molecule has 18 heavy (non-hydrogen) atoms. The molecule has 0 atom stereocenters. The molecule has 0 saturated heterocycles. The Bertz CT molecular complexity index is 413. The Hall–Kier alpha value is -0.940. The molecule has 1 N–H and O–H groups in total. The molecular formula is C13H20N2O2S. The summed E-state index contributed by atoms with van der Waals surface area (Å²) >= 11 is 1.36. The van der Waals surface area contributed by atoms with E-state index >= 15 is 0 Å². The van der Waals surface area contributed by atoms with E-state index < -0.39 is 0 Å². The largest absolute Gasteiger partial charge is 0.381 e. The highest BCUT2D eigenvalue weighted by atomic mass is 32.1. The third-order valence-electron chi connectivity index (χ3n) is 3.02. The van der Waals surface area contributed by atoms with E-state index in [4.69, 9.17) is 4.74 Å². The number of rotatable bonds is 8. The maximum Gasteiger partial charge on any atom is 0.164 e. The molecule has 0 bridgehead atoms. The van der Waals surface area contributed by atoms with Crippen molar-refractivity contribution in [2.24, 2.45) is 5.92 Å². The van der Waals surface area contributed by atoms with Gasteiger partial charge in [-0.15, -0.1) is 0 Å². The monoisotopic (exact) mass is 268 g/mol. The molecule has 1 heterocycles. The van der Waals surface area contributed by atoms with Crippen molar-refractivity contribution in [3.05, 3.63) is 11.3 Å². The summed E-state index contributed by atoms with van der Waals surface area (Å²) < 4.78 is 9.77. The second-order valence-electron chi connectivity index (χ2n) is 4.83. The molecule has 1 saturated carbocycles. The predicted octanol–water partition coefficient (Wildman–Crippen LogP) is 2.88. The summed E-state index contributed by atoms with van der Waals surface area (Å²) in [5, 5.41) is 4.17. The summed E-state index contributed by atoms with van der Waals surface area (Å²) in [6, 6.07) is 0. The molecule has 1 aliphatic rings. The van der Waals surface area contributed by atoms with Crippen molar-refractivity contribution >= 4 is 22.3 Å². The van der Waals surface area contributed by atoms with Crippen LogP contribution in [0.4, 0.5) is 5.00 Å². The fourth-order valence-electron chi connectivity index (χ4n) is 1.82. The fraction of sp³-hybridized carbons (Fsp3) is 0.692. The Morgan fingerprint density at radius 2 is 2.33 bits per heavy atom. The number of carbonyl (C=O) groups excluding carboxylic acids is 1. The van der Waals surface area contributed by atoms with Gasteiger partial charge in [0.25, 0.3) is 0 Å². The summed E-state index contributed by atoms with van der Waals surface area (Å²) in [5.74, 6) is 0.903. The number of hydrogen-bond donors (Lipinski definition) is 1. The molecule has 1 aromatic rings.